The number of H-pyrrole nitrogens is 1. The molecular formula is C22H16BrN3O2. The summed E-state index contributed by atoms with van der Waals surface area (Å²) in [5.74, 6) is -0.192. The van der Waals surface area contributed by atoms with E-state index in [-0.39, 0.29) is 12.5 Å². The Bertz CT molecular complexity index is 1220. The van der Waals surface area contributed by atoms with E-state index < -0.39 is 5.72 Å². The molecule has 1 unspecified atom stereocenters. The minimum atomic E-state index is -1.56. The van der Waals surface area contributed by atoms with Crippen LogP contribution < -0.4 is 0 Å². The Kier molecular flexibility index (Phi) is 3.86. The van der Waals surface area contributed by atoms with Gasteiger partial charge in [0, 0.05) is 27.7 Å². The van der Waals surface area contributed by atoms with Gasteiger partial charge in [-0.1, -0.05) is 52.3 Å². The van der Waals surface area contributed by atoms with Gasteiger partial charge in [-0.15, -0.1) is 0 Å². The molecule has 5 nitrogen and oxygen atoms in total. The zero-order valence-corrected chi connectivity index (χ0v) is 16.3. The molecule has 0 spiro atoms. The quantitative estimate of drug-likeness (QED) is 0.509. The lowest BCUT2D eigenvalue weighted by Gasteiger charge is -2.35. The van der Waals surface area contributed by atoms with Gasteiger partial charge in [-0.2, -0.15) is 0 Å². The third-order valence-corrected chi connectivity index (χ3v) is 5.71. The maximum Gasteiger partial charge on any atom is 0.257 e. The zero-order chi connectivity index (χ0) is 19.3. The van der Waals surface area contributed by atoms with E-state index in [9.17, 15) is 9.90 Å². The molecule has 2 N–H and O–H groups in total. The van der Waals surface area contributed by atoms with E-state index in [1.807, 2.05) is 60.7 Å². The SMILES string of the molecule is O=C1c2ccccc2C(O)(c2ccc3nc[nH]c3c2)N1Cc1cccc(Br)c1. The van der Waals surface area contributed by atoms with Crippen LogP contribution in [0.15, 0.2) is 77.5 Å². The summed E-state index contributed by atoms with van der Waals surface area (Å²) in [6.07, 6.45) is 1.62. The third kappa shape index (κ3) is 2.49. The highest BCUT2D eigenvalue weighted by atomic mass is 79.9. The third-order valence-electron chi connectivity index (χ3n) is 5.22. The van der Waals surface area contributed by atoms with Gasteiger partial charge in [0.05, 0.1) is 17.4 Å². The van der Waals surface area contributed by atoms with Gasteiger partial charge >= 0.3 is 0 Å². The van der Waals surface area contributed by atoms with Crippen LogP contribution in [0.2, 0.25) is 0 Å². The maximum atomic E-state index is 13.2. The minimum absolute atomic E-state index is 0.192. The van der Waals surface area contributed by atoms with Crippen LogP contribution in [0.5, 0.6) is 0 Å². The molecule has 0 fully saturated rings. The smallest absolute Gasteiger partial charge is 0.257 e. The monoisotopic (exact) mass is 433 g/mol. The Morgan fingerprint density at radius 2 is 1.93 bits per heavy atom. The number of hydrogen-bond donors (Lipinski definition) is 2. The number of benzene rings is 3. The molecule has 1 aliphatic heterocycles. The van der Waals surface area contributed by atoms with E-state index in [1.165, 1.54) is 4.90 Å². The summed E-state index contributed by atoms with van der Waals surface area (Å²) in [7, 11) is 0. The molecule has 0 radical (unpaired) electrons. The van der Waals surface area contributed by atoms with Crippen LogP contribution in [0.1, 0.15) is 27.0 Å². The summed E-state index contributed by atoms with van der Waals surface area (Å²) in [4.78, 5) is 22.1. The predicted octanol–water partition coefficient (Wildman–Crippen LogP) is 4.17. The van der Waals surface area contributed by atoms with Gasteiger partial charge in [0.25, 0.3) is 5.91 Å². The van der Waals surface area contributed by atoms with Crippen LogP contribution in [0, 0.1) is 0 Å². The summed E-state index contributed by atoms with van der Waals surface area (Å²) >= 11 is 3.47. The molecule has 0 saturated heterocycles. The number of rotatable bonds is 3. The highest BCUT2D eigenvalue weighted by molar-refractivity contribution is 9.10. The lowest BCUT2D eigenvalue weighted by atomic mass is 9.93. The molecule has 138 valence electrons. The Balaban J connectivity index is 1.69. The number of carbonyl (C=O) groups excluding carboxylic acids is 1. The minimum Gasteiger partial charge on any atom is -0.363 e. The topological polar surface area (TPSA) is 69.2 Å². The van der Waals surface area contributed by atoms with Crippen molar-refractivity contribution < 1.29 is 9.90 Å². The number of halogens is 1. The van der Waals surface area contributed by atoms with E-state index in [0.29, 0.717) is 16.7 Å². The standard InChI is InChI=1S/C22H16BrN3O2/c23-16-5-3-4-14(10-16)12-26-21(27)17-6-1-2-7-18(17)22(26,28)15-8-9-19-20(11-15)25-13-24-19/h1-11,13,28H,12H2,(H,24,25). The molecule has 1 aliphatic rings. The largest absolute Gasteiger partial charge is 0.363 e. The first kappa shape index (κ1) is 17.2. The van der Waals surface area contributed by atoms with Crippen molar-refractivity contribution in [3.63, 3.8) is 0 Å². The van der Waals surface area contributed by atoms with E-state index in [0.717, 1.165) is 21.1 Å². The van der Waals surface area contributed by atoms with E-state index in [2.05, 4.69) is 25.9 Å². The van der Waals surface area contributed by atoms with Gasteiger partial charge in [-0.3, -0.25) is 9.69 Å². The number of carbonyl (C=O) groups is 1. The first-order valence-corrected chi connectivity index (χ1v) is 9.68. The first-order chi connectivity index (χ1) is 13.6. The fourth-order valence-electron chi connectivity index (χ4n) is 3.88. The van der Waals surface area contributed by atoms with E-state index >= 15 is 0 Å². The molecule has 4 aromatic rings. The molecular weight excluding hydrogens is 418 g/mol. The highest BCUT2D eigenvalue weighted by Crippen LogP contribution is 2.43. The molecule has 28 heavy (non-hydrogen) atoms. The maximum absolute atomic E-state index is 13.2. The van der Waals surface area contributed by atoms with Gasteiger partial charge in [-0.05, 0) is 35.9 Å². The van der Waals surface area contributed by atoms with Gasteiger partial charge in [-0.25, -0.2) is 4.98 Å². The van der Waals surface area contributed by atoms with Crippen molar-refractivity contribution >= 4 is 32.9 Å². The van der Waals surface area contributed by atoms with Crippen molar-refractivity contribution in [3.8, 4) is 0 Å². The van der Waals surface area contributed by atoms with Gasteiger partial charge in [0.2, 0.25) is 0 Å². The van der Waals surface area contributed by atoms with Crippen molar-refractivity contribution in [2.75, 3.05) is 0 Å². The molecule has 3 aromatic carbocycles. The Labute approximate surface area is 169 Å². The molecule has 0 bridgehead atoms. The average molecular weight is 434 g/mol. The summed E-state index contributed by atoms with van der Waals surface area (Å²) in [5.41, 5.74) is 2.72. The fourth-order valence-corrected chi connectivity index (χ4v) is 4.33. The Morgan fingerprint density at radius 3 is 2.79 bits per heavy atom. The highest BCUT2D eigenvalue weighted by Gasteiger charge is 2.49. The van der Waals surface area contributed by atoms with Crippen molar-refractivity contribution in [2.24, 2.45) is 0 Å². The number of fused-ring (bicyclic) bond motifs is 2. The van der Waals surface area contributed by atoms with Crippen molar-refractivity contribution in [1.82, 2.24) is 14.9 Å². The molecule has 1 aromatic heterocycles. The molecule has 0 aliphatic carbocycles. The lowest BCUT2D eigenvalue weighted by molar-refractivity contribution is -0.0542. The fraction of sp³-hybridized carbons (Fsp3) is 0.0909. The van der Waals surface area contributed by atoms with Crippen LogP contribution in [0.25, 0.3) is 11.0 Å². The number of amides is 1. The molecule has 1 atom stereocenters. The van der Waals surface area contributed by atoms with Crippen LogP contribution in [-0.2, 0) is 12.3 Å². The zero-order valence-electron chi connectivity index (χ0n) is 14.8. The van der Waals surface area contributed by atoms with Crippen LogP contribution in [-0.4, -0.2) is 25.9 Å². The van der Waals surface area contributed by atoms with Crippen LogP contribution in [0.3, 0.4) is 0 Å². The summed E-state index contributed by atoms with van der Waals surface area (Å²) in [5, 5.41) is 11.9. The molecule has 0 saturated carbocycles. The lowest BCUT2D eigenvalue weighted by Crippen LogP contribution is -2.44. The van der Waals surface area contributed by atoms with E-state index in [4.69, 9.17) is 0 Å². The normalized spacial score (nSPS) is 18.6. The van der Waals surface area contributed by atoms with Crippen LogP contribution >= 0.6 is 15.9 Å². The Morgan fingerprint density at radius 1 is 1.07 bits per heavy atom. The first-order valence-electron chi connectivity index (χ1n) is 8.89. The number of hydrogen-bond acceptors (Lipinski definition) is 3. The summed E-state index contributed by atoms with van der Waals surface area (Å²) in [6, 6.07) is 20.5. The number of aliphatic hydroxyl groups is 1. The van der Waals surface area contributed by atoms with Crippen molar-refractivity contribution in [1.29, 1.82) is 0 Å². The average Bonchev–Trinajstić information content (AvgIpc) is 3.26. The predicted molar refractivity (Wildman–Crippen MR) is 110 cm³/mol. The number of imidazole rings is 1. The number of aromatic nitrogens is 2. The summed E-state index contributed by atoms with van der Waals surface area (Å²) < 4.78 is 0.927. The van der Waals surface area contributed by atoms with Gasteiger partial charge in [0.1, 0.15) is 0 Å². The molecule has 6 heteroatoms. The van der Waals surface area contributed by atoms with Gasteiger partial charge < -0.3 is 10.1 Å². The van der Waals surface area contributed by atoms with E-state index in [1.54, 1.807) is 12.4 Å². The van der Waals surface area contributed by atoms with Crippen LogP contribution in [0.4, 0.5) is 0 Å². The second-order valence-corrected chi connectivity index (χ2v) is 7.79. The van der Waals surface area contributed by atoms with Crippen molar-refractivity contribution in [2.45, 2.75) is 12.3 Å². The van der Waals surface area contributed by atoms with Crippen molar-refractivity contribution in [3.05, 3.63) is 99.8 Å². The number of nitrogens with one attached hydrogen (secondary N) is 1. The number of aromatic amines is 1. The molecule has 2 heterocycles. The second-order valence-electron chi connectivity index (χ2n) is 6.87. The Hall–Kier alpha value is -2.96. The summed E-state index contributed by atoms with van der Waals surface area (Å²) in [6.45, 7) is 0.282. The molecule has 1 amide bonds. The number of nitrogens with zero attached hydrogens (tertiary/aromatic N) is 2. The molecule has 5 rings (SSSR count). The van der Waals surface area contributed by atoms with Gasteiger partial charge in [0.15, 0.2) is 5.72 Å². The second kappa shape index (κ2) is 6.29.